The number of carbonyl (C=O) groups excluding carboxylic acids is 1. The lowest BCUT2D eigenvalue weighted by Gasteiger charge is -2.10. The number of thioether (sulfide) groups is 1. The Balaban J connectivity index is 1.48. The van der Waals surface area contributed by atoms with Crippen LogP contribution in [0.2, 0.25) is 0 Å². The van der Waals surface area contributed by atoms with Crippen LogP contribution in [0.4, 0.5) is 0 Å². The number of methoxy groups -OCH3 is 2. The molecule has 2 aromatic carbocycles. The molecule has 0 aliphatic carbocycles. The number of phenolic OH excluding ortho intramolecular Hbond substituents is 1. The fourth-order valence-corrected chi connectivity index (χ4v) is 4.21. The van der Waals surface area contributed by atoms with Crippen LogP contribution >= 0.6 is 27.7 Å². The summed E-state index contributed by atoms with van der Waals surface area (Å²) in [5, 5.41) is 23.2. The summed E-state index contributed by atoms with van der Waals surface area (Å²) in [5.74, 6) is 0.687. The van der Waals surface area contributed by atoms with Crippen LogP contribution in [0.25, 0.3) is 17.1 Å². The van der Waals surface area contributed by atoms with E-state index in [2.05, 4.69) is 41.6 Å². The van der Waals surface area contributed by atoms with E-state index in [1.165, 1.54) is 32.2 Å². The van der Waals surface area contributed by atoms with Gasteiger partial charge in [-0.3, -0.25) is 14.3 Å². The van der Waals surface area contributed by atoms with Gasteiger partial charge in [-0.05, 0) is 48.5 Å². The number of hydrazone groups is 1. The standard InChI is InChI=1S/C24H21BrN6O4S/c1-34-19-10-15(11-20(35-2)22(19)33)12-27-28-21(32)14-36-24-30-29-23(16-4-3-9-26-13-16)31(24)18-7-5-17(25)6-8-18/h3-13,33H,14H2,1-2H3,(H,28,32)/b27-12+. The highest BCUT2D eigenvalue weighted by Gasteiger charge is 2.17. The molecule has 184 valence electrons. The first-order valence-corrected chi connectivity index (χ1v) is 12.3. The second kappa shape index (κ2) is 11.7. The molecular formula is C24H21BrN6O4S. The highest BCUT2D eigenvalue weighted by Crippen LogP contribution is 2.36. The van der Waals surface area contributed by atoms with Gasteiger partial charge in [0.1, 0.15) is 0 Å². The number of ether oxygens (including phenoxy) is 2. The quantitative estimate of drug-likeness (QED) is 0.176. The van der Waals surface area contributed by atoms with Crippen molar-refractivity contribution in [3.8, 4) is 34.3 Å². The van der Waals surface area contributed by atoms with Crippen LogP contribution in [-0.2, 0) is 4.79 Å². The van der Waals surface area contributed by atoms with Crippen LogP contribution < -0.4 is 14.9 Å². The minimum Gasteiger partial charge on any atom is -0.502 e. The molecule has 4 rings (SSSR count). The minimum absolute atomic E-state index is 0.0568. The largest absolute Gasteiger partial charge is 0.502 e. The zero-order valence-corrected chi connectivity index (χ0v) is 21.7. The highest BCUT2D eigenvalue weighted by atomic mass is 79.9. The molecule has 0 saturated carbocycles. The van der Waals surface area contributed by atoms with Gasteiger partial charge < -0.3 is 14.6 Å². The Morgan fingerprint density at radius 3 is 2.53 bits per heavy atom. The molecule has 0 radical (unpaired) electrons. The minimum atomic E-state index is -0.331. The van der Waals surface area contributed by atoms with Crippen molar-refractivity contribution >= 4 is 39.8 Å². The number of rotatable bonds is 9. The van der Waals surface area contributed by atoms with E-state index in [1.54, 1.807) is 24.5 Å². The average molecular weight is 569 g/mol. The molecular weight excluding hydrogens is 548 g/mol. The number of nitrogens with zero attached hydrogens (tertiary/aromatic N) is 5. The smallest absolute Gasteiger partial charge is 0.250 e. The molecule has 0 aliphatic rings. The van der Waals surface area contributed by atoms with Crippen molar-refractivity contribution in [3.05, 3.63) is 71.0 Å². The third kappa shape index (κ3) is 5.83. The molecule has 10 nitrogen and oxygen atoms in total. The lowest BCUT2D eigenvalue weighted by Crippen LogP contribution is -2.20. The Hall–Kier alpha value is -3.90. The molecule has 2 heterocycles. The molecule has 0 bridgehead atoms. The zero-order valence-electron chi connectivity index (χ0n) is 19.3. The molecule has 0 spiro atoms. The monoisotopic (exact) mass is 568 g/mol. The molecule has 1 amide bonds. The summed E-state index contributed by atoms with van der Waals surface area (Å²) in [5.41, 5.74) is 4.71. The summed E-state index contributed by atoms with van der Waals surface area (Å²) < 4.78 is 13.1. The maximum atomic E-state index is 12.5. The van der Waals surface area contributed by atoms with Gasteiger partial charge in [-0.15, -0.1) is 10.2 Å². The number of hydrogen-bond donors (Lipinski definition) is 2. The Kier molecular flexibility index (Phi) is 8.18. The summed E-state index contributed by atoms with van der Waals surface area (Å²) in [7, 11) is 2.86. The number of nitrogens with one attached hydrogen (secondary N) is 1. The average Bonchev–Trinajstić information content (AvgIpc) is 3.33. The highest BCUT2D eigenvalue weighted by molar-refractivity contribution is 9.10. The summed E-state index contributed by atoms with van der Waals surface area (Å²) in [6, 6.07) is 14.6. The van der Waals surface area contributed by atoms with E-state index in [0.29, 0.717) is 16.5 Å². The number of aromatic nitrogens is 4. The van der Waals surface area contributed by atoms with Gasteiger partial charge in [0.25, 0.3) is 5.91 Å². The van der Waals surface area contributed by atoms with Gasteiger partial charge in [-0.2, -0.15) is 5.10 Å². The lowest BCUT2D eigenvalue weighted by atomic mass is 10.2. The van der Waals surface area contributed by atoms with Gasteiger partial charge in [0, 0.05) is 33.7 Å². The van der Waals surface area contributed by atoms with Crippen LogP contribution in [-0.4, -0.2) is 56.9 Å². The van der Waals surface area contributed by atoms with Crippen molar-refractivity contribution in [2.75, 3.05) is 20.0 Å². The van der Waals surface area contributed by atoms with Crippen molar-refractivity contribution < 1.29 is 19.4 Å². The lowest BCUT2D eigenvalue weighted by molar-refractivity contribution is -0.118. The molecule has 0 atom stereocenters. The first-order valence-electron chi connectivity index (χ1n) is 10.5. The van der Waals surface area contributed by atoms with E-state index in [4.69, 9.17) is 9.47 Å². The normalized spacial score (nSPS) is 11.0. The summed E-state index contributed by atoms with van der Waals surface area (Å²) in [6.07, 6.45) is 4.83. The van der Waals surface area contributed by atoms with E-state index in [-0.39, 0.29) is 28.9 Å². The predicted octanol–water partition coefficient (Wildman–Crippen LogP) is 4.06. The third-order valence-electron chi connectivity index (χ3n) is 4.88. The number of aromatic hydroxyl groups is 1. The molecule has 0 saturated heterocycles. The van der Waals surface area contributed by atoms with Crippen LogP contribution in [0, 0.1) is 0 Å². The second-order valence-corrected chi connectivity index (χ2v) is 9.07. The Morgan fingerprint density at radius 2 is 1.89 bits per heavy atom. The molecule has 12 heteroatoms. The summed E-state index contributed by atoms with van der Waals surface area (Å²) in [4.78, 5) is 16.6. The third-order valence-corrected chi connectivity index (χ3v) is 6.33. The second-order valence-electron chi connectivity index (χ2n) is 7.22. The fourth-order valence-electron chi connectivity index (χ4n) is 3.20. The van der Waals surface area contributed by atoms with E-state index >= 15 is 0 Å². The van der Waals surface area contributed by atoms with Crippen molar-refractivity contribution in [1.29, 1.82) is 0 Å². The Bertz CT molecular complexity index is 1350. The van der Waals surface area contributed by atoms with E-state index in [0.717, 1.165) is 15.7 Å². The zero-order chi connectivity index (χ0) is 25.5. The van der Waals surface area contributed by atoms with Crippen LogP contribution in [0.15, 0.2) is 75.7 Å². The number of benzene rings is 2. The van der Waals surface area contributed by atoms with Gasteiger partial charge in [0.05, 0.1) is 26.2 Å². The van der Waals surface area contributed by atoms with Gasteiger partial charge in [-0.1, -0.05) is 27.7 Å². The Labute approximate surface area is 219 Å². The number of carbonyl (C=O) groups is 1. The number of halogens is 1. The van der Waals surface area contributed by atoms with Crippen molar-refractivity contribution in [2.45, 2.75) is 5.16 Å². The van der Waals surface area contributed by atoms with Gasteiger partial charge >= 0.3 is 0 Å². The van der Waals surface area contributed by atoms with Crippen molar-refractivity contribution in [3.63, 3.8) is 0 Å². The van der Waals surface area contributed by atoms with E-state index in [9.17, 15) is 9.90 Å². The van der Waals surface area contributed by atoms with Gasteiger partial charge in [0.2, 0.25) is 5.75 Å². The summed E-state index contributed by atoms with van der Waals surface area (Å²) in [6.45, 7) is 0. The predicted molar refractivity (Wildman–Crippen MR) is 140 cm³/mol. The van der Waals surface area contributed by atoms with Gasteiger partial charge in [-0.25, -0.2) is 5.43 Å². The SMILES string of the molecule is COc1cc(/C=N/NC(=O)CSc2nnc(-c3cccnc3)n2-c2ccc(Br)cc2)cc(OC)c1O. The summed E-state index contributed by atoms with van der Waals surface area (Å²) >= 11 is 4.68. The number of amides is 1. The van der Waals surface area contributed by atoms with Crippen LogP contribution in [0.3, 0.4) is 0 Å². The first-order chi connectivity index (χ1) is 17.5. The van der Waals surface area contributed by atoms with Crippen molar-refractivity contribution in [1.82, 2.24) is 25.2 Å². The molecule has 2 aromatic heterocycles. The molecule has 2 N–H and O–H groups in total. The number of hydrogen-bond acceptors (Lipinski definition) is 9. The van der Waals surface area contributed by atoms with E-state index in [1.807, 2.05) is 41.0 Å². The molecule has 0 aliphatic heterocycles. The van der Waals surface area contributed by atoms with E-state index < -0.39 is 0 Å². The topological polar surface area (TPSA) is 124 Å². The van der Waals surface area contributed by atoms with Crippen LogP contribution in [0.1, 0.15) is 5.56 Å². The maximum Gasteiger partial charge on any atom is 0.250 e. The molecule has 0 fully saturated rings. The molecule has 4 aromatic rings. The number of pyridine rings is 1. The number of phenols is 1. The molecule has 36 heavy (non-hydrogen) atoms. The van der Waals surface area contributed by atoms with Crippen molar-refractivity contribution in [2.24, 2.45) is 5.10 Å². The van der Waals surface area contributed by atoms with Crippen LogP contribution in [0.5, 0.6) is 17.2 Å². The maximum absolute atomic E-state index is 12.5. The Morgan fingerprint density at radius 1 is 1.17 bits per heavy atom. The van der Waals surface area contributed by atoms with Gasteiger partial charge in [0.15, 0.2) is 22.5 Å². The first kappa shape index (κ1) is 25.2. The fraction of sp³-hybridized carbons (Fsp3) is 0.125. The molecule has 0 unspecified atom stereocenters.